The van der Waals surface area contributed by atoms with Crippen molar-refractivity contribution in [2.75, 3.05) is 0 Å². The molecule has 30 heavy (non-hydrogen) atoms. The van der Waals surface area contributed by atoms with E-state index in [1.54, 1.807) is 6.07 Å². The van der Waals surface area contributed by atoms with Crippen molar-refractivity contribution in [2.24, 2.45) is 0 Å². The van der Waals surface area contributed by atoms with Crippen LogP contribution in [0.2, 0.25) is 0 Å². The third-order valence-corrected chi connectivity index (χ3v) is 5.28. The van der Waals surface area contributed by atoms with Crippen LogP contribution in [0.4, 0.5) is 0 Å². The molecule has 4 aromatic carbocycles. The van der Waals surface area contributed by atoms with Gasteiger partial charge in [-0.05, 0) is 33.9 Å². The molecule has 0 fully saturated rings. The summed E-state index contributed by atoms with van der Waals surface area (Å²) in [5, 5.41) is 20.4. The number of rotatable bonds is 6. The Bertz CT molecular complexity index is 1100. The number of benzene rings is 4. The third kappa shape index (κ3) is 4.11. The zero-order valence-corrected chi connectivity index (χ0v) is 16.4. The maximum Gasteiger partial charge on any atom is 0.339 e. The first-order valence-corrected chi connectivity index (χ1v) is 9.86. The molecule has 0 aliphatic heterocycles. The quantitative estimate of drug-likeness (QED) is 0.403. The molecule has 0 spiro atoms. The van der Waals surface area contributed by atoms with Gasteiger partial charge in [-0.2, -0.15) is 0 Å². The van der Waals surface area contributed by atoms with E-state index in [-0.39, 0.29) is 17.2 Å². The average Bonchev–Trinajstić information content (AvgIpc) is 2.78. The number of carbonyl (C=O) groups is 1. The Kier molecular flexibility index (Phi) is 5.62. The highest BCUT2D eigenvalue weighted by Gasteiger charge is 2.22. The maximum atomic E-state index is 11.9. The Morgan fingerprint density at radius 1 is 0.700 bits per heavy atom. The zero-order valence-electron chi connectivity index (χ0n) is 16.4. The van der Waals surface area contributed by atoms with Crippen molar-refractivity contribution in [3.05, 3.63) is 137 Å². The lowest BCUT2D eigenvalue weighted by molar-refractivity contribution is 0.0693. The molecule has 0 atom stereocenters. The molecule has 0 saturated carbocycles. The minimum atomic E-state index is -1.14. The standard InChI is InChI=1S/C27H22O3/c28-26-23(16-19-10-4-1-5-11-19)17-22(18-24(26)27(29)30)25(20-12-6-2-7-13-20)21-14-8-3-9-15-21/h1-15,17-18,25,28H,16H2,(H,29,30). The first-order chi connectivity index (χ1) is 14.6. The van der Waals surface area contributed by atoms with Crippen molar-refractivity contribution in [3.8, 4) is 5.75 Å². The first kappa shape index (κ1) is 19.5. The van der Waals surface area contributed by atoms with E-state index < -0.39 is 5.97 Å². The predicted octanol–water partition coefficient (Wildman–Crippen LogP) is 5.86. The van der Waals surface area contributed by atoms with Gasteiger partial charge in [0.2, 0.25) is 0 Å². The molecule has 0 unspecified atom stereocenters. The van der Waals surface area contributed by atoms with Crippen molar-refractivity contribution in [1.82, 2.24) is 0 Å². The molecule has 0 amide bonds. The average molecular weight is 394 g/mol. The van der Waals surface area contributed by atoms with Crippen molar-refractivity contribution in [2.45, 2.75) is 12.3 Å². The summed E-state index contributed by atoms with van der Waals surface area (Å²) in [5.41, 5.74) is 4.52. The van der Waals surface area contributed by atoms with E-state index in [1.165, 1.54) is 0 Å². The maximum absolute atomic E-state index is 11.9. The highest BCUT2D eigenvalue weighted by atomic mass is 16.4. The Balaban J connectivity index is 1.89. The molecule has 3 nitrogen and oxygen atoms in total. The van der Waals surface area contributed by atoms with Crippen LogP contribution in [0, 0.1) is 0 Å². The number of hydrogen-bond donors (Lipinski definition) is 2. The monoisotopic (exact) mass is 394 g/mol. The first-order valence-electron chi connectivity index (χ1n) is 9.86. The van der Waals surface area contributed by atoms with Gasteiger partial charge in [0.25, 0.3) is 0 Å². The summed E-state index contributed by atoms with van der Waals surface area (Å²) in [4.78, 5) is 11.9. The van der Waals surface area contributed by atoms with Gasteiger partial charge in [-0.3, -0.25) is 0 Å². The Labute approximate surface area is 175 Å². The predicted molar refractivity (Wildman–Crippen MR) is 118 cm³/mol. The van der Waals surface area contributed by atoms with Crippen LogP contribution in [-0.2, 0) is 6.42 Å². The van der Waals surface area contributed by atoms with Crippen LogP contribution in [0.15, 0.2) is 103 Å². The molecule has 0 saturated heterocycles. The number of aromatic hydroxyl groups is 1. The lowest BCUT2D eigenvalue weighted by atomic mass is 9.83. The lowest BCUT2D eigenvalue weighted by Gasteiger charge is -2.21. The smallest absolute Gasteiger partial charge is 0.339 e. The van der Waals surface area contributed by atoms with Gasteiger partial charge < -0.3 is 10.2 Å². The van der Waals surface area contributed by atoms with Gasteiger partial charge in [0.05, 0.1) is 0 Å². The second-order valence-electron chi connectivity index (χ2n) is 7.30. The normalized spacial score (nSPS) is 10.8. The Hall–Kier alpha value is -3.85. The van der Waals surface area contributed by atoms with Crippen molar-refractivity contribution in [3.63, 3.8) is 0 Å². The highest BCUT2D eigenvalue weighted by Crippen LogP contribution is 2.36. The molecule has 0 bridgehead atoms. The largest absolute Gasteiger partial charge is 0.507 e. The van der Waals surface area contributed by atoms with Gasteiger partial charge in [-0.15, -0.1) is 0 Å². The molecule has 3 heteroatoms. The van der Waals surface area contributed by atoms with Crippen molar-refractivity contribution in [1.29, 1.82) is 0 Å². The van der Waals surface area contributed by atoms with Crippen LogP contribution in [0.5, 0.6) is 5.75 Å². The molecular formula is C27H22O3. The minimum absolute atomic E-state index is 0.0738. The molecular weight excluding hydrogens is 372 g/mol. The summed E-state index contributed by atoms with van der Waals surface area (Å²) in [7, 11) is 0. The molecule has 0 heterocycles. The fourth-order valence-electron chi connectivity index (χ4n) is 3.87. The van der Waals surface area contributed by atoms with Crippen LogP contribution >= 0.6 is 0 Å². The van der Waals surface area contributed by atoms with E-state index in [0.717, 1.165) is 22.3 Å². The summed E-state index contributed by atoms with van der Waals surface area (Å²) < 4.78 is 0. The van der Waals surface area contributed by atoms with E-state index in [1.807, 2.05) is 97.1 Å². The molecule has 0 radical (unpaired) electrons. The van der Waals surface area contributed by atoms with E-state index >= 15 is 0 Å². The molecule has 2 N–H and O–H groups in total. The van der Waals surface area contributed by atoms with Crippen LogP contribution in [0.1, 0.15) is 44.1 Å². The van der Waals surface area contributed by atoms with Crippen LogP contribution in [-0.4, -0.2) is 16.2 Å². The number of aromatic carboxylic acids is 1. The summed E-state index contributed by atoms with van der Waals surface area (Å²) in [6, 6.07) is 33.3. The summed E-state index contributed by atoms with van der Waals surface area (Å²) >= 11 is 0. The van der Waals surface area contributed by atoms with Crippen LogP contribution in [0.3, 0.4) is 0 Å². The third-order valence-electron chi connectivity index (χ3n) is 5.28. The second kappa shape index (κ2) is 8.66. The lowest BCUT2D eigenvalue weighted by Crippen LogP contribution is -2.08. The van der Waals surface area contributed by atoms with Crippen LogP contribution < -0.4 is 0 Å². The Morgan fingerprint density at radius 2 is 1.20 bits per heavy atom. The topological polar surface area (TPSA) is 57.5 Å². The highest BCUT2D eigenvalue weighted by molar-refractivity contribution is 5.91. The van der Waals surface area contributed by atoms with Gasteiger partial charge in [-0.25, -0.2) is 4.79 Å². The van der Waals surface area contributed by atoms with Gasteiger partial charge in [0, 0.05) is 12.3 Å². The van der Waals surface area contributed by atoms with Gasteiger partial charge in [-0.1, -0.05) is 97.1 Å². The van der Waals surface area contributed by atoms with E-state index in [4.69, 9.17) is 0 Å². The number of carboxylic acid groups (broad SMARTS) is 1. The van der Waals surface area contributed by atoms with E-state index in [0.29, 0.717) is 12.0 Å². The number of carboxylic acids is 1. The van der Waals surface area contributed by atoms with E-state index in [2.05, 4.69) is 0 Å². The zero-order chi connectivity index (χ0) is 20.9. The SMILES string of the molecule is O=C(O)c1cc(C(c2ccccc2)c2ccccc2)cc(Cc2ccccc2)c1O. The summed E-state index contributed by atoms with van der Waals surface area (Å²) in [6.45, 7) is 0. The summed E-state index contributed by atoms with van der Waals surface area (Å²) in [5.74, 6) is -1.45. The van der Waals surface area contributed by atoms with Crippen molar-refractivity contribution < 1.29 is 15.0 Å². The molecule has 0 aliphatic carbocycles. The summed E-state index contributed by atoms with van der Waals surface area (Å²) in [6.07, 6.45) is 0.455. The van der Waals surface area contributed by atoms with Crippen molar-refractivity contribution >= 4 is 5.97 Å². The number of phenols is 1. The van der Waals surface area contributed by atoms with Gasteiger partial charge in [0.1, 0.15) is 11.3 Å². The number of hydrogen-bond acceptors (Lipinski definition) is 2. The van der Waals surface area contributed by atoms with E-state index in [9.17, 15) is 15.0 Å². The molecule has 4 aromatic rings. The minimum Gasteiger partial charge on any atom is -0.507 e. The van der Waals surface area contributed by atoms with Gasteiger partial charge >= 0.3 is 5.97 Å². The molecule has 4 rings (SSSR count). The Morgan fingerprint density at radius 3 is 1.70 bits per heavy atom. The van der Waals surface area contributed by atoms with Gasteiger partial charge in [0.15, 0.2) is 0 Å². The molecule has 0 aromatic heterocycles. The molecule has 0 aliphatic rings. The second-order valence-corrected chi connectivity index (χ2v) is 7.30. The van der Waals surface area contributed by atoms with Crippen LogP contribution in [0.25, 0.3) is 0 Å². The molecule has 148 valence electrons. The fraction of sp³-hybridized carbons (Fsp3) is 0.0741. The fourth-order valence-corrected chi connectivity index (χ4v) is 3.87.